The highest BCUT2D eigenvalue weighted by Gasteiger charge is 2.19. The van der Waals surface area contributed by atoms with E-state index < -0.39 is 5.97 Å². The summed E-state index contributed by atoms with van der Waals surface area (Å²) >= 11 is 0. The van der Waals surface area contributed by atoms with E-state index in [0.29, 0.717) is 5.57 Å². The Morgan fingerprint density at radius 2 is 1.77 bits per heavy atom. The van der Waals surface area contributed by atoms with E-state index in [1.807, 2.05) is 19.1 Å². The Morgan fingerprint density at radius 3 is 2.37 bits per heavy atom. The van der Waals surface area contributed by atoms with Crippen LogP contribution in [0, 0.1) is 0 Å². The summed E-state index contributed by atoms with van der Waals surface area (Å²) in [5.74, 6) is -0.189. The van der Waals surface area contributed by atoms with E-state index in [-0.39, 0.29) is 0 Å². The molecule has 0 amide bonds. The summed E-state index contributed by atoms with van der Waals surface area (Å²) < 4.78 is 8.64. The summed E-state index contributed by atoms with van der Waals surface area (Å²) in [6, 6.07) is 12.4. The second kappa shape index (κ2) is 9.16. The largest absolute Gasteiger partial charge is 0.478 e. The van der Waals surface area contributed by atoms with Crippen LogP contribution in [0.15, 0.2) is 46.9 Å². The molecule has 1 N–H and O–H groups in total. The second-order valence-corrected chi connectivity index (χ2v) is 7.35. The molecule has 0 radical (unpaired) electrons. The number of fused-ring (bicyclic) bond motifs is 2. The molecule has 0 spiro atoms. The fourth-order valence-electron chi connectivity index (χ4n) is 4.12. The number of carbonyl (C=O) groups is 1. The van der Waals surface area contributed by atoms with Crippen LogP contribution < -0.4 is 14.8 Å². The van der Waals surface area contributed by atoms with Crippen molar-refractivity contribution in [3.63, 3.8) is 0 Å². The molecule has 1 aliphatic carbocycles. The van der Waals surface area contributed by atoms with Crippen molar-refractivity contribution < 1.29 is 14.3 Å². The molecule has 1 aliphatic heterocycles. The van der Waals surface area contributed by atoms with Gasteiger partial charge in [-0.15, -0.1) is 0 Å². The van der Waals surface area contributed by atoms with Crippen molar-refractivity contribution in [2.75, 3.05) is 31.1 Å². The van der Waals surface area contributed by atoms with Gasteiger partial charge in [-0.3, -0.25) is 0 Å². The van der Waals surface area contributed by atoms with Crippen LogP contribution in [-0.2, 0) is 4.79 Å². The highest BCUT2D eigenvalue weighted by molar-refractivity contribution is 6.02. The minimum atomic E-state index is -0.950. The van der Waals surface area contributed by atoms with Gasteiger partial charge in [-0.1, -0.05) is 0 Å². The van der Waals surface area contributed by atoms with Crippen LogP contribution in [0.5, 0.6) is 0 Å². The molecule has 0 aromatic heterocycles. The predicted octanol–water partition coefficient (Wildman–Crippen LogP) is 4.68. The van der Waals surface area contributed by atoms with Gasteiger partial charge < -0.3 is 14.4 Å². The fraction of sp³-hybridized carbons (Fsp3) is 0.360. The zero-order chi connectivity index (χ0) is 21.8. The van der Waals surface area contributed by atoms with Crippen molar-refractivity contribution in [3.8, 4) is 11.3 Å². The number of hydrogen-bond acceptors (Lipinski definition) is 3. The normalized spacial score (nSPS) is 11.8. The lowest BCUT2D eigenvalue weighted by Gasteiger charge is -2.22. The third-order valence-electron chi connectivity index (χ3n) is 5.68. The van der Waals surface area contributed by atoms with E-state index in [4.69, 9.17) is 4.42 Å². The molecule has 0 fully saturated rings. The fourth-order valence-corrected chi connectivity index (χ4v) is 4.12. The van der Waals surface area contributed by atoms with E-state index in [1.54, 1.807) is 0 Å². The predicted molar refractivity (Wildman–Crippen MR) is 124 cm³/mol. The lowest BCUT2D eigenvalue weighted by atomic mass is 9.94. The highest BCUT2D eigenvalue weighted by Crippen LogP contribution is 2.38. The number of benzene rings is 2. The van der Waals surface area contributed by atoms with Crippen LogP contribution in [0.3, 0.4) is 0 Å². The zero-order valence-corrected chi connectivity index (χ0v) is 18.5. The number of allylic oxidation sites excluding steroid dienone is 1. The van der Waals surface area contributed by atoms with Crippen LogP contribution in [0.1, 0.15) is 40.2 Å². The molecule has 1 aromatic rings. The topological polar surface area (TPSA) is 56.7 Å². The number of nitrogens with zero attached hydrogens (tertiary/aromatic N) is 2. The summed E-state index contributed by atoms with van der Waals surface area (Å²) in [7, 11) is 0. The molecule has 0 atom stereocenters. The number of hydrogen-bond donors (Lipinski definition) is 1. The van der Waals surface area contributed by atoms with Crippen molar-refractivity contribution in [3.05, 3.63) is 53.4 Å². The highest BCUT2D eigenvalue weighted by atomic mass is 16.4. The van der Waals surface area contributed by atoms with Gasteiger partial charge in [-0.05, 0) is 64.0 Å². The number of aliphatic carboxylic acids is 1. The second-order valence-electron chi connectivity index (χ2n) is 7.35. The lowest BCUT2D eigenvalue weighted by molar-refractivity contribution is -0.131. The van der Waals surface area contributed by atoms with Gasteiger partial charge in [0, 0.05) is 47.9 Å². The molecule has 0 unspecified atom stereocenters. The minimum Gasteiger partial charge on any atom is -0.478 e. The maximum atomic E-state index is 11.4. The van der Waals surface area contributed by atoms with Gasteiger partial charge >= 0.3 is 5.97 Å². The first-order chi connectivity index (χ1) is 14.4. The number of anilines is 1. The van der Waals surface area contributed by atoms with E-state index in [0.717, 1.165) is 65.1 Å². The number of carboxylic acids is 1. The summed E-state index contributed by atoms with van der Waals surface area (Å²) in [6.07, 6.45) is 1.27. The van der Waals surface area contributed by atoms with Gasteiger partial charge in [0.2, 0.25) is 5.36 Å². The minimum absolute atomic E-state index is 0.708. The number of carboxylic acid groups (broad SMARTS) is 1. The molecule has 5 heteroatoms. The first kappa shape index (κ1) is 21.6. The Labute approximate surface area is 177 Å². The van der Waals surface area contributed by atoms with Crippen molar-refractivity contribution >= 4 is 28.2 Å². The molecule has 5 nitrogen and oxygen atoms in total. The van der Waals surface area contributed by atoms with Gasteiger partial charge in [0.25, 0.3) is 0 Å². The Morgan fingerprint density at radius 1 is 1.07 bits per heavy atom. The van der Waals surface area contributed by atoms with Crippen molar-refractivity contribution in [2.24, 2.45) is 0 Å². The van der Waals surface area contributed by atoms with E-state index in [9.17, 15) is 9.90 Å². The van der Waals surface area contributed by atoms with E-state index >= 15 is 0 Å². The van der Waals surface area contributed by atoms with E-state index in [1.165, 1.54) is 6.08 Å². The quantitative estimate of drug-likeness (QED) is 0.351. The first-order valence-electron chi connectivity index (χ1n) is 10.7. The van der Waals surface area contributed by atoms with Crippen LogP contribution in [0.4, 0.5) is 5.69 Å². The molecule has 0 bridgehead atoms. The third-order valence-corrected chi connectivity index (χ3v) is 5.68. The molecular formula is C25H31N2O3+. The van der Waals surface area contributed by atoms with Crippen molar-refractivity contribution in [2.45, 2.75) is 34.6 Å². The smallest absolute Gasteiger partial charge is 0.328 e. The van der Waals surface area contributed by atoms with Crippen LogP contribution in [0.25, 0.3) is 27.9 Å². The van der Waals surface area contributed by atoms with Gasteiger partial charge in [0.1, 0.15) is 24.4 Å². The molecular weight excluding hydrogens is 376 g/mol. The van der Waals surface area contributed by atoms with Crippen molar-refractivity contribution in [1.29, 1.82) is 0 Å². The van der Waals surface area contributed by atoms with Gasteiger partial charge in [-0.2, -0.15) is 0 Å². The summed E-state index contributed by atoms with van der Waals surface area (Å²) in [5, 5.41) is 11.4. The molecule has 1 aromatic carbocycles. The summed E-state index contributed by atoms with van der Waals surface area (Å²) in [5.41, 5.74) is 4.40. The van der Waals surface area contributed by atoms with Crippen LogP contribution in [0.2, 0.25) is 0 Å². The zero-order valence-electron chi connectivity index (χ0n) is 18.5. The number of rotatable bonds is 7. The molecule has 3 rings (SSSR count). The summed E-state index contributed by atoms with van der Waals surface area (Å²) in [6.45, 7) is 14.0. The first-order valence-corrected chi connectivity index (χ1v) is 10.7. The third kappa shape index (κ3) is 4.11. The SMILES string of the molecule is CCN(CC)c1ccc2c(C(C)=CC(=O)O)c3ccc(=[N+](CC)CC)cc-3oc2c1. The average molecular weight is 408 g/mol. The monoisotopic (exact) mass is 407 g/mol. The van der Waals surface area contributed by atoms with Crippen LogP contribution in [-0.4, -0.2) is 37.3 Å². The maximum Gasteiger partial charge on any atom is 0.328 e. The molecule has 30 heavy (non-hydrogen) atoms. The lowest BCUT2D eigenvalue weighted by Crippen LogP contribution is -2.29. The Hall–Kier alpha value is -3.08. The molecule has 0 saturated heterocycles. The standard InChI is InChI=1S/C25H30N2O3/c1-6-26(7-2)18-10-12-20-22(15-18)30-23-16-19(27(8-3)9-4)11-13-21(23)25(20)17(5)14-24(28)29/h10-16H,6-9H2,1-5H3/p+1. The Kier molecular flexibility index (Phi) is 6.60. The molecule has 0 saturated carbocycles. The maximum absolute atomic E-state index is 11.4. The van der Waals surface area contributed by atoms with E-state index in [2.05, 4.69) is 61.4 Å². The average Bonchev–Trinajstić information content (AvgIpc) is 2.73. The molecule has 158 valence electrons. The van der Waals surface area contributed by atoms with Crippen molar-refractivity contribution in [1.82, 2.24) is 4.58 Å². The Balaban J connectivity index is 2.41. The van der Waals surface area contributed by atoms with Gasteiger partial charge in [0.15, 0.2) is 0 Å². The van der Waals surface area contributed by atoms with Gasteiger partial charge in [-0.25, -0.2) is 9.37 Å². The molecule has 2 aliphatic rings. The Bertz CT molecular complexity index is 1130. The molecule has 1 heterocycles. The summed E-state index contributed by atoms with van der Waals surface area (Å²) in [4.78, 5) is 13.7. The van der Waals surface area contributed by atoms with Crippen LogP contribution >= 0.6 is 0 Å². The van der Waals surface area contributed by atoms with Gasteiger partial charge in [0.05, 0.1) is 6.07 Å².